The van der Waals surface area contributed by atoms with Crippen molar-refractivity contribution >= 4 is 44.1 Å². The molecule has 4 nitrogen and oxygen atoms in total. The van der Waals surface area contributed by atoms with Crippen molar-refractivity contribution in [1.82, 2.24) is 4.98 Å². The molecule has 0 saturated carbocycles. The van der Waals surface area contributed by atoms with Crippen molar-refractivity contribution in [3.8, 4) is 0 Å². The van der Waals surface area contributed by atoms with Crippen molar-refractivity contribution in [2.75, 3.05) is 11.9 Å². The zero-order valence-corrected chi connectivity index (χ0v) is 13.9. The Kier molecular flexibility index (Phi) is 4.77. The molecule has 2 rings (SSSR count). The van der Waals surface area contributed by atoms with Crippen LogP contribution in [0, 0.1) is 13.8 Å². The minimum atomic E-state index is -0.389. The van der Waals surface area contributed by atoms with Crippen LogP contribution in [-0.4, -0.2) is 17.6 Å². The summed E-state index contributed by atoms with van der Waals surface area (Å²) >= 11 is 4.92. The summed E-state index contributed by atoms with van der Waals surface area (Å²) in [6.07, 6.45) is 0. The first-order valence-electron chi connectivity index (χ1n) is 6.17. The normalized spacial score (nSPS) is 10.4. The van der Waals surface area contributed by atoms with E-state index in [1.54, 1.807) is 12.3 Å². The van der Waals surface area contributed by atoms with E-state index in [1.165, 1.54) is 11.3 Å². The van der Waals surface area contributed by atoms with Gasteiger partial charge in [-0.05, 0) is 44.0 Å². The maximum Gasteiger partial charge on any atom is 0.357 e. The van der Waals surface area contributed by atoms with Crippen molar-refractivity contribution < 1.29 is 9.53 Å². The van der Waals surface area contributed by atoms with Crippen LogP contribution < -0.4 is 5.32 Å². The Bertz CT molecular complexity index is 617. The van der Waals surface area contributed by atoms with E-state index in [4.69, 9.17) is 4.74 Å². The third kappa shape index (κ3) is 3.37. The number of nitrogens with zero attached hydrogens (tertiary/aromatic N) is 1. The van der Waals surface area contributed by atoms with Crippen LogP contribution in [0.25, 0.3) is 0 Å². The van der Waals surface area contributed by atoms with Crippen molar-refractivity contribution in [2.45, 2.75) is 20.8 Å². The lowest BCUT2D eigenvalue weighted by atomic mass is 10.1. The number of hydrogen-bond donors (Lipinski definition) is 1. The summed E-state index contributed by atoms with van der Waals surface area (Å²) in [5.41, 5.74) is 3.59. The fourth-order valence-corrected chi connectivity index (χ4v) is 2.70. The molecule has 0 radical (unpaired) electrons. The van der Waals surface area contributed by atoms with Gasteiger partial charge in [-0.1, -0.05) is 15.9 Å². The number of rotatable bonds is 4. The molecule has 20 heavy (non-hydrogen) atoms. The van der Waals surface area contributed by atoms with E-state index in [0.29, 0.717) is 17.4 Å². The monoisotopic (exact) mass is 354 g/mol. The highest BCUT2D eigenvalue weighted by molar-refractivity contribution is 9.10. The molecule has 1 aromatic carbocycles. The smallest absolute Gasteiger partial charge is 0.357 e. The van der Waals surface area contributed by atoms with Crippen molar-refractivity contribution in [3.63, 3.8) is 0 Å². The second-order valence-corrected chi connectivity index (χ2v) is 5.96. The van der Waals surface area contributed by atoms with E-state index in [9.17, 15) is 4.79 Å². The predicted octanol–water partition coefficient (Wildman–Crippen LogP) is 4.44. The van der Waals surface area contributed by atoms with Crippen LogP contribution in [0.1, 0.15) is 28.5 Å². The summed E-state index contributed by atoms with van der Waals surface area (Å²) in [4.78, 5) is 15.8. The lowest BCUT2D eigenvalue weighted by Crippen LogP contribution is -2.05. The number of aromatic nitrogens is 1. The molecule has 6 heteroatoms. The number of benzene rings is 1. The van der Waals surface area contributed by atoms with Gasteiger partial charge in [0.2, 0.25) is 0 Å². The van der Waals surface area contributed by atoms with Gasteiger partial charge in [0.25, 0.3) is 0 Å². The maximum atomic E-state index is 11.6. The van der Waals surface area contributed by atoms with Crippen molar-refractivity contribution in [1.29, 1.82) is 0 Å². The SMILES string of the molecule is CCOC(=O)c1csc(Nc2cc(C)c(Br)c(C)c2)n1. The topological polar surface area (TPSA) is 51.2 Å². The van der Waals surface area contributed by atoms with E-state index < -0.39 is 0 Å². The fraction of sp³-hybridized carbons (Fsp3) is 0.286. The number of carbonyl (C=O) groups excluding carboxylic acids is 1. The minimum absolute atomic E-state index is 0.338. The molecular formula is C14H15BrN2O2S. The van der Waals surface area contributed by atoms with Crippen LogP contribution in [0.3, 0.4) is 0 Å². The molecule has 1 aromatic heterocycles. The number of anilines is 2. The van der Waals surface area contributed by atoms with E-state index in [2.05, 4.69) is 26.2 Å². The first-order chi connectivity index (χ1) is 9.51. The molecule has 0 aliphatic carbocycles. The molecule has 0 aliphatic heterocycles. The zero-order chi connectivity index (χ0) is 14.7. The highest BCUT2D eigenvalue weighted by Crippen LogP contribution is 2.28. The quantitative estimate of drug-likeness (QED) is 0.824. The van der Waals surface area contributed by atoms with E-state index >= 15 is 0 Å². The zero-order valence-electron chi connectivity index (χ0n) is 11.5. The number of aryl methyl sites for hydroxylation is 2. The van der Waals surface area contributed by atoms with Gasteiger partial charge >= 0.3 is 5.97 Å². The van der Waals surface area contributed by atoms with Gasteiger partial charge in [0.05, 0.1) is 6.61 Å². The Morgan fingerprint density at radius 3 is 2.65 bits per heavy atom. The van der Waals surface area contributed by atoms with E-state index in [1.807, 2.05) is 26.0 Å². The van der Waals surface area contributed by atoms with Crippen LogP contribution in [0.15, 0.2) is 22.0 Å². The Morgan fingerprint density at radius 2 is 2.05 bits per heavy atom. The molecular weight excluding hydrogens is 340 g/mol. The number of esters is 1. The molecule has 106 valence electrons. The predicted molar refractivity (Wildman–Crippen MR) is 85.0 cm³/mol. The molecule has 1 N–H and O–H groups in total. The van der Waals surface area contributed by atoms with Crippen LogP contribution in [0.2, 0.25) is 0 Å². The highest BCUT2D eigenvalue weighted by atomic mass is 79.9. The van der Waals surface area contributed by atoms with E-state index in [0.717, 1.165) is 21.3 Å². The summed E-state index contributed by atoms with van der Waals surface area (Å²) < 4.78 is 6.02. The number of halogens is 1. The number of nitrogens with one attached hydrogen (secondary N) is 1. The first-order valence-corrected chi connectivity index (χ1v) is 7.85. The van der Waals surface area contributed by atoms with Gasteiger partial charge in [-0.25, -0.2) is 9.78 Å². The van der Waals surface area contributed by atoms with Gasteiger partial charge in [-0.2, -0.15) is 0 Å². The van der Waals surface area contributed by atoms with Gasteiger partial charge in [0.1, 0.15) is 0 Å². The molecule has 0 saturated heterocycles. The first kappa shape index (κ1) is 15.0. The van der Waals surface area contributed by atoms with E-state index in [-0.39, 0.29) is 5.97 Å². The van der Waals surface area contributed by atoms with Crippen LogP contribution in [0.4, 0.5) is 10.8 Å². The largest absolute Gasteiger partial charge is 0.461 e. The fourth-order valence-electron chi connectivity index (χ4n) is 1.77. The summed E-state index contributed by atoms with van der Waals surface area (Å²) in [6, 6.07) is 4.06. The molecule has 0 aliphatic rings. The molecule has 0 spiro atoms. The lowest BCUT2D eigenvalue weighted by Gasteiger charge is -2.08. The van der Waals surface area contributed by atoms with Crippen LogP contribution in [-0.2, 0) is 4.74 Å². The molecule has 0 amide bonds. The standard InChI is InChI=1S/C14H15BrN2O2S/c1-4-19-13(18)11-7-20-14(17-11)16-10-5-8(2)12(15)9(3)6-10/h5-7H,4H2,1-3H3,(H,16,17). The summed E-state index contributed by atoms with van der Waals surface area (Å²) in [7, 11) is 0. The third-order valence-corrected chi connectivity index (χ3v) is 4.69. The number of thiazole rings is 1. The molecule has 0 fully saturated rings. The average molecular weight is 355 g/mol. The Labute approximate surface area is 130 Å². The van der Waals surface area contributed by atoms with Gasteiger partial charge < -0.3 is 10.1 Å². The number of carbonyl (C=O) groups is 1. The second kappa shape index (κ2) is 6.37. The van der Waals surface area contributed by atoms with Crippen LogP contribution in [0.5, 0.6) is 0 Å². The summed E-state index contributed by atoms with van der Waals surface area (Å²) in [6.45, 7) is 6.20. The lowest BCUT2D eigenvalue weighted by molar-refractivity contribution is 0.0520. The molecule has 0 bridgehead atoms. The highest BCUT2D eigenvalue weighted by Gasteiger charge is 2.12. The Morgan fingerprint density at radius 1 is 1.40 bits per heavy atom. The minimum Gasteiger partial charge on any atom is -0.461 e. The number of hydrogen-bond acceptors (Lipinski definition) is 5. The van der Waals surface area contributed by atoms with Crippen LogP contribution >= 0.6 is 27.3 Å². The Balaban J connectivity index is 2.17. The molecule has 0 unspecified atom stereocenters. The maximum absolute atomic E-state index is 11.6. The van der Waals surface area contributed by atoms with Gasteiger partial charge in [0.15, 0.2) is 10.8 Å². The summed E-state index contributed by atoms with van der Waals surface area (Å²) in [5, 5.41) is 5.58. The molecule has 2 aromatic rings. The van der Waals surface area contributed by atoms with Crippen molar-refractivity contribution in [3.05, 3.63) is 38.8 Å². The Hall–Kier alpha value is -1.40. The molecule has 1 heterocycles. The second-order valence-electron chi connectivity index (χ2n) is 4.31. The average Bonchev–Trinajstić information content (AvgIpc) is 2.85. The van der Waals surface area contributed by atoms with Gasteiger partial charge in [-0.3, -0.25) is 0 Å². The summed E-state index contributed by atoms with van der Waals surface area (Å²) in [5.74, 6) is -0.389. The third-order valence-electron chi connectivity index (χ3n) is 2.68. The van der Waals surface area contributed by atoms with Gasteiger partial charge in [-0.15, -0.1) is 11.3 Å². The van der Waals surface area contributed by atoms with Gasteiger partial charge in [0, 0.05) is 15.5 Å². The number of ether oxygens (including phenoxy) is 1. The van der Waals surface area contributed by atoms with Crippen molar-refractivity contribution in [2.24, 2.45) is 0 Å². The molecule has 0 atom stereocenters.